The van der Waals surface area contributed by atoms with E-state index in [0.717, 1.165) is 6.54 Å². The molecule has 2 heterocycles. The number of benzene rings is 1. The van der Waals surface area contributed by atoms with Gasteiger partial charge in [-0.1, -0.05) is 12.8 Å². The van der Waals surface area contributed by atoms with E-state index in [-0.39, 0.29) is 0 Å². The van der Waals surface area contributed by atoms with Gasteiger partial charge < -0.3 is 14.9 Å². The molecule has 1 aliphatic rings. The molecule has 4 heteroatoms. The fourth-order valence-corrected chi connectivity index (χ4v) is 3.32. The number of hydrogen-bond donors (Lipinski definition) is 2. The lowest BCUT2D eigenvalue weighted by Gasteiger charge is -2.16. The van der Waals surface area contributed by atoms with Crippen molar-refractivity contribution in [2.45, 2.75) is 38.3 Å². The van der Waals surface area contributed by atoms with E-state index in [2.05, 4.69) is 38.1 Å². The fourth-order valence-electron chi connectivity index (χ4n) is 3.32. The van der Waals surface area contributed by atoms with E-state index < -0.39 is 0 Å². The van der Waals surface area contributed by atoms with E-state index >= 15 is 0 Å². The maximum absolute atomic E-state index is 4.12. The molecule has 0 amide bonds. The molecular weight excluding hydrogens is 260 g/mol. The van der Waals surface area contributed by atoms with E-state index in [4.69, 9.17) is 0 Å². The maximum atomic E-state index is 4.12. The summed E-state index contributed by atoms with van der Waals surface area (Å²) in [5, 5.41) is 5.01. The summed E-state index contributed by atoms with van der Waals surface area (Å²) in [7, 11) is 0. The minimum absolute atomic E-state index is 0.625. The number of rotatable bonds is 4. The Morgan fingerprint density at radius 3 is 3.00 bits per heavy atom. The van der Waals surface area contributed by atoms with Gasteiger partial charge in [-0.3, -0.25) is 0 Å². The highest BCUT2D eigenvalue weighted by molar-refractivity contribution is 5.91. The van der Waals surface area contributed by atoms with Crippen LogP contribution in [-0.2, 0) is 6.54 Å². The van der Waals surface area contributed by atoms with Gasteiger partial charge in [0, 0.05) is 36.6 Å². The third-order valence-corrected chi connectivity index (χ3v) is 4.36. The molecule has 2 N–H and O–H groups in total. The molecule has 4 nitrogen and oxygen atoms in total. The van der Waals surface area contributed by atoms with Gasteiger partial charge in [0.15, 0.2) is 0 Å². The molecule has 1 saturated carbocycles. The lowest BCUT2D eigenvalue weighted by molar-refractivity contribution is 0.755. The maximum Gasteiger partial charge on any atom is 0.0949 e. The van der Waals surface area contributed by atoms with Crippen LogP contribution >= 0.6 is 0 Å². The Bertz CT molecular complexity index is 720. The zero-order valence-corrected chi connectivity index (χ0v) is 12.0. The molecule has 2 aromatic heterocycles. The van der Waals surface area contributed by atoms with Crippen LogP contribution in [0, 0.1) is 0 Å². The number of fused-ring (bicyclic) bond motifs is 1. The standard InChI is InChI=1S/C17H20N4/c1-2-4-15(3-1)20-16-10-13(11-21-8-7-18-12-21)9-14-5-6-19-17(14)16/h5-10,12,15,19-20H,1-4,11H2. The predicted octanol–water partition coefficient (Wildman–Crippen LogP) is 3.77. The first kappa shape index (κ1) is 12.5. The van der Waals surface area contributed by atoms with E-state index in [1.165, 1.54) is 47.8 Å². The molecule has 0 saturated heterocycles. The lowest BCUT2D eigenvalue weighted by Crippen LogP contribution is -2.15. The van der Waals surface area contributed by atoms with Crippen molar-refractivity contribution in [3.63, 3.8) is 0 Å². The Labute approximate surface area is 124 Å². The molecule has 0 unspecified atom stereocenters. The van der Waals surface area contributed by atoms with Gasteiger partial charge in [-0.05, 0) is 36.6 Å². The highest BCUT2D eigenvalue weighted by atomic mass is 15.0. The summed E-state index contributed by atoms with van der Waals surface area (Å²) >= 11 is 0. The molecule has 1 aromatic carbocycles. The van der Waals surface area contributed by atoms with Crippen LogP contribution in [0.3, 0.4) is 0 Å². The molecule has 108 valence electrons. The predicted molar refractivity (Wildman–Crippen MR) is 85.5 cm³/mol. The van der Waals surface area contributed by atoms with E-state index in [1.54, 1.807) is 0 Å². The quantitative estimate of drug-likeness (QED) is 0.764. The Hall–Kier alpha value is -2.23. The molecule has 1 aliphatic carbocycles. The molecule has 21 heavy (non-hydrogen) atoms. The van der Waals surface area contributed by atoms with Gasteiger partial charge in [-0.2, -0.15) is 0 Å². The highest BCUT2D eigenvalue weighted by Crippen LogP contribution is 2.29. The number of imidazole rings is 1. The van der Waals surface area contributed by atoms with Crippen LogP contribution in [0.2, 0.25) is 0 Å². The fraction of sp³-hybridized carbons (Fsp3) is 0.353. The minimum Gasteiger partial charge on any atom is -0.381 e. The second-order valence-electron chi connectivity index (χ2n) is 5.95. The van der Waals surface area contributed by atoms with Crippen LogP contribution < -0.4 is 5.32 Å². The van der Waals surface area contributed by atoms with Crippen molar-refractivity contribution < 1.29 is 0 Å². The zero-order valence-electron chi connectivity index (χ0n) is 12.0. The van der Waals surface area contributed by atoms with Gasteiger partial charge in [0.1, 0.15) is 0 Å². The van der Waals surface area contributed by atoms with Crippen LogP contribution in [0.4, 0.5) is 5.69 Å². The van der Waals surface area contributed by atoms with Crippen molar-refractivity contribution in [3.05, 3.63) is 48.7 Å². The molecule has 0 radical (unpaired) electrons. The second-order valence-corrected chi connectivity index (χ2v) is 5.95. The number of hydrogen-bond acceptors (Lipinski definition) is 2. The minimum atomic E-state index is 0.625. The number of nitrogens with zero attached hydrogens (tertiary/aromatic N) is 2. The van der Waals surface area contributed by atoms with Crippen molar-refractivity contribution in [1.82, 2.24) is 14.5 Å². The summed E-state index contributed by atoms with van der Waals surface area (Å²) in [4.78, 5) is 7.48. The number of aromatic nitrogens is 3. The molecule has 3 aromatic rings. The zero-order chi connectivity index (χ0) is 14.1. The summed E-state index contributed by atoms with van der Waals surface area (Å²) in [5.74, 6) is 0. The van der Waals surface area contributed by atoms with Crippen molar-refractivity contribution in [1.29, 1.82) is 0 Å². The Morgan fingerprint density at radius 2 is 2.19 bits per heavy atom. The first-order chi connectivity index (χ1) is 10.4. The monoisotopic (exact) mass is 280 g/mol. The number of aromatic amines is 1. The van der Waals surface area contributed by atoms with E-state index in [0.29, 0.717) is 6.04 Å². The van der Waals surface area contributed by atoms with Crippen molar-refractivity contribution >= 4 is 16.6 Å². The summed E-state index contributed by atoms with van der Waals surface area (Å²) in [5.41, 5.74) is 3.76. The van der Waals surface area contributed by atoms with Gasteiger partial charge in [-0.15, -0.1) is 0 Å². The van der Waals surface area contributed by atoms with Crippen molar-refractivity contribution in [2.24, 2.45) is 0 Å². The third kappa shape index (κ3) is 2.53. The molecule has 1 fully saturated rings. The summed E-state index contributed by atoms with van der Waals surface area (Å²) in [6.07, 6.45) is 13.0. The van der Waals surface area contributed by atoms with E-state index in [9.17, 15) is 0 Å². The van der Waals surface area contributed by atoms with Gasteiger partial charge >= 0.3 is 0 Å². The average Bonchev–Trinajstić information content (AvgIpc) is 3.19. The normalized spacial score (nSPS) is 15.8. The summed E-state index contributed by atoms with van der Waals surface area (Å²) < 4.78 is 2.10. The number of anilines is 1. The summed E-state index contributed by atoms with van der Waals surface area (Å²) in [6.45, 7) is 0.862. The topological polar surface area (TPSA) is 45.6 Å². The largest absolute Gasteiger partial charge is 0.381 e. The lowest BCUT2D eigenvalue weighted by atomic mass is 10.1. The van der Waals surface area contributed by atoms with Crippen LogP contribution in [-0.4, -0.2) is 20.6 Å². The van der Waals surface area contributed by atoms with Gasteiger partial charge in [0.2, 0.25) is 0 Å². The summed E-state index contributed by atoms with van der Waals surface area (Å²) in [6, 6.07) is 7.30. The van der Waals surface area contributed by atoms with Crippen LogP contribution in [0.15, 0.2) is 43.1 Å². The molecular formula is C17H20N4. The van der Waals surface area contributed by atoms with Gasteiger partial charge in [0.05, 0.1) is 17.5 Å². The average molecular weight is 280 g/mol. The molecule has 0 spiro atoms. The number of nitrogens with one attached hydrogen (secondary N) is 2. The smallest absolute Gasteiger partial charge is 0.0949 e. The SMILES string of the molecule is c1cn(Cc2cc(NC3CCCC3)c3[nH]ccc3c2)cn1. The molecule has 0 bridgehead atoms. The van der Waals surface area contributed by atoms with Gasteiger partial charge in [0.25, 0.3) is 0 Å². The molecule has 0 atom stereocenters. The second kappa shape index (κ2) is 5.28. The van der Waals surface area contributed by atoms with Crippen molar-refractivity contribution in [3.8, 4) is 0 Å². The first-order valence-electron chi connectivity index (χ1n) is 7.71. The van der Waals surface area contributed by atoms with Crippen LogP contribution in [0.1, 0.15) is 31.2 Å². The molecule has 4 rings (SSSR count). The highest BCUT2D eigenvalue weighted by Gasteiger charge is 2.16. The Balaban J connectivity index is 1.67. The third-order valence-electron chi connectivity index (χ3n) is 4.36. The first-order valence-corrected chi connectivity index (χ1v) is 7.71. The Morgan fingerprint density at radius 1 is 1.29 bits per heavy atom. The Kier molecular flexibility index (Phi) is 3.14. The number of H-pyrrole nitrogens is 1. The molecule has 0 aliphatic heterocycles. The van der Waals surface area contributed by atoms with Crippen molar-refractivity contribution in [2.75, 3.05) is 5.32 Å². The van der Waals surface area contributed by atoms with Crippen LogP contribution in [0.25, 0.3) is 10.9 Å². The van der Waals surface area contributed by atoms with Gasteiger partial charge in [-0.25, -0.2) is 4.98 Å². The van der Waals surface area contributed by atoms with Crippen LogP contribution in [0.5, 0.6) is 0 Å². The van der Waals surface area contributed by atoms with E-state index in [1.807, 2.05) is 24.9 Å².